The summed E-state index contributed by atoms with van der Waals surface area (Å²) in [5.41, 5.74) is 8.75. The van der Waals surface area contributed by atoms with Gasteiger partial charge >= 0.3 is 0 Å². The standard InChI is InChI=1S/C22H26N4O4.C20H22N4O3.CH4/c1-14(2)26-21(15(3)11-25-26)20-16(6-5-7-23-20)13-30-18-12-24-19(27-4)10-17(18)22-28-8-9-29-22;1-13(2)24-20(14(3)9-23-24)19-15(6-5-7-21-19)12-27-17-10-22-18(26-4)8-16(17)11-25;/h5-7,10-12,14,22H,8-9,13H2,1-4H3;5-11,13H,12H2,1-4H3;1H4. The fourth-order valence-electron chi connectivity index (χ4n) is 6.27. The van der Waals surface area contributed by atoms with Crippen molar-refractivity contribution in [3.63, 3.8) is 0 Å². The van der Waals surface area contributed by atoms with Gasteiger partial charge in [-0.25, -0.2) is 9.97 Å². The minimum Gasteiger partial charge on any atom is -0.487 e. The predicted molar refractivity (Wildman–Crippen MR) is 218 cm³/mol. The minimum atomic E-state index is -0.491. The van der Waals surface area contributed by atoms with Gasteiger partial charge in [0.25, 0.3) is 0 Å². The Morgan fingerprint density at radius 3 is 1.69 bits per heavy atom. The number of carbonyl (C=O) groups is 1. The van der Waals surface area contributed by atoms with E-state index in [4.69, 9.17) is 28.4 Å². The molecule has 306 valence electrons. The van der Waals surface area contributed by atoms with Crippen LogP contribution < -0.4 is 18.9 Å². The molecule has 0 aliphatic carbocycles. The highest BCUT2D eigenvalue weighted by atomic mass is 16.7. The lowest BCUT2D eigenvalue weighted by Gasteiger charge is -2.18. The number of nitrogens with zero attached hydrogens (tertiary/aromatic N) is 8. The number of aldehydes is 1. The van der Waals surface area contributed by atoms with E-state index in [0.29, 0.717) is 48.6 Å². The van der Waals surface area contributed by atoms with E-state index in [9.17, 15) is 4.79 Å². The lowest BCUT2D eigenvalue weighted by Crippen LogP contribution is -2.09. The van der Waals surface area contributed by atoms with Crippen LogP contribution in [-0.2, 0) is 22.7 Å². The molecule has 1 fully saturated rings. The minimum absolute atomic E-state index is 0. The Labute approximate surface area is 339 Å². The summed E-state index contributed by atoms with van der Waals surface area (Å²) in [6.45, 7) is 14.1. The van der Waals surface area contributed by atoms with Gasteiger partial charge in [-0.2, -0.15) is 10.2 Å². The predicted octanol–water partition coefficient (Wildman–Crippen LogP) is 8.13. The Kier molecular flexibility index (Phi) is 14.7. The number of hydrogen-bond acceptors (Lipinski definition) is 13. The monoisotopic (exact) mass is 792 g/mol. The molecule has 6 aromatic heterocycles. The molecule has 1 saturated heterocycles. The molecule has 7 rings (SSSR count). The molecule has 7 heterocycles. The van der Waals surface area contributed by atoms with Gasteiger partial charge in [0.15, 0.2) is 12.6 Å². The highest BCUT2D eigenvalue weighted by Gasteiger charge is 2.25. The second kappa shape index (κ2) is 19.8. The van der Waals surface area contributed by atoms with E-state index in [1.807, 2.05) is 59.9 Å². The maximum Gasteiger partial charge on any atom is 0.213 e. The number of aryl methyl sites for hydroxylation is 2. The van der Waals surface area contributed by atoms with Crippen molar-refractivity contribution in [3.05, 3.63) is 107 Å². The summed E-state index contributed by atoms with van der Waals surface area (Å²) in [6, 6.07) is 11.5. The van der Waals surface area contributed by atoms with Gasteiger partial charge in [0, 0.05) is 47.7 Å². The summed E-state index contributed by atoms with van der Waals surface area (Å²) in [5.74, 6) is 1.83. The quantitative estimate of drug-likeness (QED) is 0.0974. The first-order valence-corrected chi connectivity index (χ1v) is 18.6. The van der Waals surface area contributed by atoms with Gasteiger partial charge in [0.2, 0.25) is 11.8 Å². The SMILES string of the molecule is C.COc1cc(C2OCCO2)c(OCc2cccnc2-c2c(C)cnn2C(C)C)cn1.COc1cc(C=O)c(OCc2cccnc2-c2c(C)cnn2C(C)C)cn1. The number of methoxy groups -OCH3 is 2. The fourth-order valence-corrected chi connectivity index (χ4v) is 6.27. The van der Waals surface area contributed by atoms with Crippen molar-refractivity contribution in [2.45, 2.75) is 80.6 Å². The van der Waals surface area contributed by atoms with Crippen molar-refractivity contribution < 1.29 is 33.2 Å². The average molecular weight is 793 g/mol. The summed E-state index contributed by atoms with van der Waals surface area (Å²) in [5, 5.41) is 8.98. The van der Waals surface area contributed by atoms with Crippen LogP contribution in [0.5, 0.6) is 23.3 Å². The molecule has 0 unspecified atom stereocenters. The van der Waals surface area contributed by atoms with Crippen molar-refractivity contribution in [2.24, 2.45) is 0 Å². The zero-order valence-electron chi connectivity index (χ0n) is 33.5. The molecule has 6 aromatic rings. The van der Waals surface area contributed by atoms with Crippen LogP contribution in [0, 0.1) is 13.8 Å². The molecule has 1 aliphatic rings. The summed E-state index contributed by atoms with van der Waals surface area (Å²) >= 11 is 0. The van der Waals surface area contributed by atoms with Gasteiger partial charge in [0.05, 0.1) is 86.1 Å². The molecule has 0 bridgehead atoms. The summed E-state index contributed by atoms with van der Waals surface area (Å²) < 4.78 is 37.6. The molecular formula is C43H52N8O7. The molecule has 1 aliphatic heterocycles. The van der Waals surface area contributed by atoms with Crippen LogP contribution >= 0.6 is 0 Å². The second-order valence-electron chi connectivity index (χ2n) is 13.7. The zero-order chi connectivity index (χ0) is 40.5. The van der Waals surface area contributed by atoms with E-state index in [2.05, 4.69) is 57.8 Å². The number of carbonyl (C=O) groups excluding carboxylic acids is 1. The van der Waals surface area contributed by atoms with Gasteiger partial charge in [-0.05, 0) is 64.8 Å². The molecule has 0 atom stereocenters. The van der Waals surface area contributed by atoms with Gasteiger partial charge in [0.1, 0.15) is 24.7 Å². The third-order valence-corrected chi connectivity index (χ3v) is 9.10. The van der Waals surface area contributed by atoms with Crippen LogP contribution in [0.25, 0.3) is 22.8 Å². The lowest BCUT2D eigenvalue weighted by atomic mass is 10.1. The molecular weight excluding hydrogens is 741 g/mol. The van der Waals surface area contributed by atoms with Crippen LogP contribution in [0.2, 0.25) is 0 Å². The molecule has 0 saturated carbocycles. The first-order valence-electron chi connectivity index (χ1n) is 18.6. The van der Waals surface area contributed by atoms with Crippen molar-refractivity contribution in [1.82, 2.24) is 39.5 Å². The van der Waals surface area contributed by atoms with E-state index < -0.39 is 6.29 Å². The third-order valence-electron chi connectivity index (χ3n) is 9.10. The topological polar surface area (TPSA) is 160 Å². The molecule has 15 nitrogen and oxygen atoms in total. The van der Waals surface area contributed by atoms with Crippen molar-refractivity contribution in [1.29, 1.82) is 0 Å². The molecule has 0 radical (unpaired) electrons. The van der Waals surface area contributed by atoms with Crippen LogP contribution in [0.1, 0.15) is 91.7 Å². The maximum absolute atomic E-state index is 11.3. The van der Waals surface area contributed by atoms with Crippen LogP contribution in [0.4, 0.5) is 0 Å². The Morgan fingerprint density at radius 2 is 1.21 bits per heavy atom. The Balaban J connectivity index is 0.000000218. The van der Waals surface area contributed by atoms with Crippen molar-refractivity contribution >= 4 is 6.29 Å². The summed E-state index contributed by atoms with van der Waals surface area (Å²) in [4.78, 5) is 28.9. The Bertz CT molecular complexity index is 2280. The highest BCUT2D eigenvalue weighted by Crippen LogP contribution is 2.35. The normalized spacial score (nSPS) is 12.5. The first-order chi connectivity index (χ1) is 27.6. The zero-order valence-corrected chi connectivity index (χ0v) is 33.5. The Morgan fingerprint density at radius 1 is 0.724 bits per heavy atom. The average Bonchev–Trinajstić information content (AvgIpc) is 4.00. The number of hydrogen-bond donors (Lipinski definition) is 0. The summed E-state index contributed by atoms with van der Waals surface area (Å²) in [6.07, 6.45) is 10.6. The lowest BCUT2D eigenvalue weighted by molar-refractivity contribution is -0.0460. The summed E-state index contributed by atoms with van der Waals surface area (Å²) in [7, 11) is 3.07. The van der Waals surface area contributed by atoms with E-state index >= 15 is 0 Å². The molecule has 0 N–H and O–H groups in total. The van der Waals surface area contributed by atoms with Gasteiger partial charge in [-0.1, -0.05) is 19.6 Å². The van der Waals surface area contributed by atoms with Crippen molar-refractivity contribution in [2.75, 3.05) is 27.4 Å². The molecule has 0 aromatic carbocycles. The van der Waals surface area contributed by atoms with E-state index in [1.165, 1.54) is 13.3 Å². The van der Waals surface area contributed by atoms with Gasteiger partial charge in [-0.15, -0.1) is 0 Å². The van der Waals surface area contributed by atoms with Gasteiger partial charge in [-0.3, -0.25) is 24.1 Å². The van der Waals surface area contributed by atoms with E-state index in [0.717, 1.165) is 56.9 Å². The fraction of sp³-hybridized carbons (Fsp3) is 0.372. The van der Waals surface area contributed by atoms with Crippen LogP contribution in [0.15, 0.2) is 73.6 Å². The van der Waals surface area contributed by atoms with Gasteiger partial charge < -0.3 is 28.4 Å². The Hall–Kier alpha value is -6.19. The number of pyridine rings is 4. The molecule has 0 spiro atoms. The third kappa shape index (κ3) is 9.66. The van der Waals surface area contributed by atoms with Crippen LogP contribution in [-0.4, -0.2) is 73.2 Å². The molecule has 15 heteroatoms. The van der Waals surface area contributed by atoms with Crippen molar-refractivity contribution in [3.8, 4) is 46.0 Å². The van der Waals surface area contributed by atoms with E-state index in [-0.39, 0.29) is 26.1 Å². The van der Waals surface area contributed by atoms with Crippen LogP contribution in [0.3, 0.4) is 0 Å². The smallest absolute Gasteiger partial charge is 0.213 e. The molecule has 58 heavy (non-hydrogen) atoms. The number of ether oxygens (including phenoxy) is 6. The largest absolute Gasteiger partial charge is 0.487 e. The van der Waals surface area contributed by atoms with E-state index in [1.54, 1.807) is 37.8 Å². The molecule has 0 amide bonds. The number of aromatic nitrogens is 8. The first kappa shape index (κ1) is 42.9. The second-order valence-corrected chi connectivity index (χ2v) is 13.7. The number of rotatable bonds is 14. The maximum atomic E-state index is 11.3. The highest BCUT2D eigenvalue weighted by molar-refractivity contribution is 5.79.